The quantitative estimate of drug-likeness (QED) is 0.429. The lowest BCUT2D eigenvalue weighted by atomic mass is 9.99. The molecule has 1 saturated heterocycles. The molecule has 1 aromatic carbocycles. The van der Waals surface area contributed by atoms with Gasteiger partial charge in [0, 0.05) is 37.1 Å². The van der Waals surface area contributed by atoms with Crippen molar-refractivity contribution in [2.45, 2.75) is 51.5 Å². The maximum atomic E-state index is 5.54. The van der Waals surface area contributed by atoms with E-state index in [0.29, 0.717) is 11.2 Å². The van der Waals surface area contributed by atoms with Gasteiger partial charge in [-0.2, -0.15) is 5.10 Å². The van der Waals surface area contributed by atoms with E-state index in [4.69, 9.17) is 29.2 Å². The number of benzene rings is 1. The van der Waals surface area contributed by atoms with Gasteiger partial charge >= 0.3 is 0 Å². The Morgan fingerprint density at radius 3 is 2.46 bits per heavy atom. The molecule has 9 heteroatoms. The van der Waals surface area contributed by atoms with Gasteiger partial charge in [0.25, 0.3) is 0 Å². The minimum absolute atomic E-state index is 0.245. The molecule has 2 aliphatic heterocycles. The number of ether oxygens (including phenoxy) is 3. The highest BCUT2D eigenvalue weighted by atomic mass is 16.7. The molecule has 3 aromatic heterocycles. The van der Waals surface area contributed by atoms with Crippen molar-refractivity contribution in [1.82, 2.24) is 29.7 Å². The lowest BCUT2D eigenvalue weighted by molar-refractivity contribution is 0.0836. The number of nitrogens with zero attached hydrogens (tertiary/aromatic N) is 6. The van der Waals surface area contributed by atoms with Crippen molar-refractivity contribution in [3.8, 4) is 22.8 Å². The minimum Gasteiger partial charge on any atom is -0.454 e. The molecule has 180 valence electrons. The molecule has 1 aliphatic carbocycles. The van der Waals surface area contributed by atoms with E-state index in [-0.39, 0.29) is 12.7 Å². The number of hydrogen-bond donors (Lipinski definition) is 0. The zero-order chi connectivity index (χ0) is 23.8. The average Bonchev–Trinajstić information content (AvgIpc) is 3.38. The molecule has 9 nitrogen and oxygen atoms in total. The predicted molar refractivity (Wildman–Crippen MR) is 129 cm³/mol. The summed E-state index contributed by atoms with van der Waals surface area (Å²) >= 11 is 0. The van der Waals surface area contributed by atoms with Gasteiger partial charge in [-0.05, 0) is 63.8 Å². The summed E-state index contributed by atoms with van der Waals surface area (Å²) in [6, 6.07) is 8.56. The highest BCUT2D eigenvalue weighted by molar-refractivity contribution is 5.87. The van der Waals surface area contributed by atoms with E-state index in [9.17, 15) is 0 Å². The fourth-order valence-corrected chi connectivity index (χ4v) is 4.35. The van der Waals surface area contributed by atoms with Crippen molar-refractivity contribution in [3.63, 3.8) is 0 Å². The summed E-state index contributed by atoms with van der Waals surface area (Å²) in [5.41, 5.74) is 4.84. The fraction of sp³-hybridized carbons (Fsp3) is 0.423. The van der Waals surface area contributed by atoms with Crippen LogP contribution in [0.5, 0.6) is 11.5 Å². The van der Waals surface area contributed by atoms with Gasteiger partial charge in [0.2, 0.25) is 6.79 Å². The van der Waals surface area contributed by atoms with E-state index >= 15 is 0 Å². The summed E-state index contributed by atoms with van der Waals surface area (Å²) in [6.07, 6.45) is 8.34. The van der Waals surface area contributed by atoms with E-state index in [2.05, 4.69) is 10.1 Å². The molecule has 0 spiro atoms. The Morgan fingerprint density at radius 1 is 0.886 bits per heavy atom. The second kappa shape index (κ2) is 9.22. The fourth-order valence-electron chi connectivity index (χ4n) is 4.35. The molecule has 0 radical (unpaired) electrons. The van der Waals surface area contributed by atoms with Crippen molar-refractivity contribution in [1.29, 1.82) is 0 Å². The Kier molecular flexibility index (Phi) is 5.77. The standard InChI is InChI=1S/C20H20N4O3.C6H8N2/c1-11-12(2)22-20-18(21-11)17(14-3-4-15-16(9-14)27-10-26-15)23-19(24-20)13-5-7-25-8-6-13;1-4-7-8(5-1)6-2-3-6/h3-4,9,13H,5-8,10H2,1-2H3;1,4-6H,2-3H2. The molecule has 0 atom stereocenters. The van der Waals surface area contributed by atoms with Crippen LogP contribution in [0.1, 0.15) is 54.9 Å². The summed E-state index contributed by atoms with van der Waals surface area (Å²) in [7, 11) is 0. The molecule has 7 rings (SSSR count). The van der Waals surface area contributed by atoms with E-state index < -0.39 is 0 Å². The number of rotatable bonds is 3. The molecule has 0 N–H and O–H groups in total. The van der Waals surface area contributed by atoms with E-state index in [1.54, 1.807) is 0 Å². The van der Waals surface area contributed by atoms with Crippen LogP contribution in [0.15, 0.2) is 36.7 Å². The van der Waals surface area contributed by atoms with Crippen LogP contribution in [0.25, 0.3) is 22.4 Å². The van der Waals surface area contributed by atoms with Crippen LogP contribution in [0.2, 0.25) is 0 Å². The number of aromatic nitrogens is 6. The van der Waals surface area contributed by atoms with Crippen LogP contribution in [-0.2, 0) is 4.74 Å². The summed E-state index contributed by atoms with van der Waals surface area (Å²) in [5.74, 6) is 2.57. The maximum absolute atomic E-state index is 5.54. The van der Waals surface area contributed by atoms with Gasteiger partial charge in [-0.25, -0.2) is 19.9 Å². The predicted octanol–water partition coefficient (Wildman–Crippen LogP) is 4.54. The summed E-state index contributed by atoms with van der Waals surface area (Å²) < 4.78 is 18.5. The highest BCUT2D eigenvalue weighted by Gasteiger charge is 2.24. The Labute approximate surface area is 203 Å². The first-order chi connectivity index (χ1) is 17.2. The maximum Gasteiger partial charge on any atom is 0.231 e. The zero-order valence-corrected chi connectivity index (χ0v) is 20.0. The molecule has 0 bridgehead atoms. The topological polar surface area (TPSA) is 97.1 Å². The molecule has 4 aromatic rings. The SMILES string of the molecule is Cc1nc2nc(C3CCOCC3)nc(-c3ccc4c(c3)OCO4)c2nc1C.c1cnn(C2CC2)c1. The van der Waals surface area contributed by atoms with E-state index in [1.807, 2.05) is 55.2 Å². The molecule has 1 saturated carbocycles. The Hall–Kier alpha value is -3.59. The van der Waals surface area contributed by atoms with E-state index in [0.717, 1.165) is 72.1 Å². The zero-order valence-electron chi connectivity index (χ0n) is 20.0. The van der Waals surface area contributed by atoms with Gasteiger partial charge in [-0.15, -0.1) is 0 Å². The third-order valence-electron chi connectivity index (χ3n) is 6.64. The second-order valence-electron chi connectivity index (χ2n) is 9.17. The lowest BCUT2D eigenvalue weighted by Crippen LogP contribution is -2.17. The molecular formula is C26H28N6O3. The van der Waals surface area contributed by atoms with Crippen molar-refractivity contribution >= 4 is 11.2 Å². The first-order valence-corrected chi connectivity index (χ1v) is 12.2. The molecule has 2 fully saturated rings. The molecule has 0 unspecified atom stereocenters. The number of hydrogen-bond acceptors (Lipinski definition) is 8. The first kappa shape index (κ1) is 21.9. The number of aryl methyl sites for hydroxylation is 2. The summed E-state index contributed by atoms with van der Waals surface area (Å²) in [5, 5.41) is 4.09. The lowest BCUT2D eigenvalue weighted by Gasteiger charge is -2.21. The summed E-state index contributed by atoms with van der Waals surface area (Å²) in [6.45, 7) is 5.64. The summed E-state index contributed by atoms with van der Waals surface area (Å²) in [4.78, 5) is 19.1. The van der Waals surface area contributed by atoms with Crippen LogP contribution in [0.4, 0.5) is 0 Å². The average molecular weight is 473 g/mol. The normalized spacial score (nSPS) is 17.3. The third kappa shape index (κ3) is 4.55. The van der Waals surface area contributed by atoms with Gasteiger partial charge in [0.15, 0.2) is 17.1 Å². The van der Waals surface area contributed by atoms with Crippen LogP contribution in [0, 0.1) is 13.8 Å². The van der Waals surface area contributed by atoms with Gasteiger partial charge in [-0.1, -0.05) is 0 Å². The van der Waals surface area contributed by atoms with Crippen LogP contribution in [0.3, 0.4) is 0 Å². The Morgan fingerprint density at radius 2 is 1.69 bits per heavy atom. The van der Waals surface area contributed by atoms with Crippen molar-refractivity contribution in [2.75, 3.05) is 20.0 Å². The van der Waals surface area contributed by atoms with E-state index in [1.165, 1.54) is 12.8 Å². The first-order valence-electron chi connectivity index (χ1n) is 12.2. The minimum atomic E-state index is 0.245. The van der Waals surface area contributed by atoms with Gasteiger partial charge in [0.05, 0.1) is 17.4 Å². The van der Waals surface area contributed by atoms with Gasteiger partial charge in [0.1, 0.15) is 17.0 Å². The van der Waals surface area contributed by atoms with Crippen LogP contribution >= 0.6 is 0 Å². The molecule has 3 aliphatic rings. The van der Waals surface area contributed by atoms with Crippen LogP contribution < -0.4 is 9.47 Å². The smallest absolute Gasteiger partial charge is 0.231 e. The molecule has 35 heavy (non-hydrogen) atoms. The second-order valence-corrected chi connectivity index (χ2v) is 9.17. The number of fused-ring (bicyclic) bond motifs is 2. The molecular weight excluding hydrogens is 444 g/mol. The third-order valence-corrected chi connectivity index (χ3v) is 6.64. The monoisotopic (exact) mass is 472 g/mol. The Balaban J connectivity index is 0.000000240. The molecule has 0 amide bonds. The van der Waals surface area contributed by atoms with Crippen molar-refractivity contribution in [2.24, 2.45) is 0 Å². The van der Waals surface area contributed by atoms with Gasteiger partial charge in [-0.3, -0.25) is 4.68 Å². The van der Waals surface area contributed by atoms with Gasteiger partial charge < -0.3 is 14.2 Å². The Bertz CT molecular complexity index is 1350. The van der Waals surface area contributed by atoms with Crippen molar-refractivity contribution in [3.05, 3.63) is 53.9 Å². The largest absolute Gasteiger partial charge is 0.454 e. The highest BCUT2D eigenvalue weighted by Crippen LogP contribution is 2.37. The molecule has 5 heterocycles. The van der Waals surface area contributed by atoms with Crippen LogP contribution in [-0.4, -0.2) is 49.7 Å². The van der Waals surface area contributed by atoms with Crippen molar-refractivity contribution < 1.29 is 14.2 Å².